The Morgan fingerprint density at radius 3 is 2.30 bits per heavy atom. The van der Waals surface area contributed by atoms with Crippen LogP contribution >= 0.6 is 27.7 Å². The number of pyridine rings is 1. The van der Waals surface area contributed by atoms with Crippen molar-refractivity contribution in [3.05, 3.63) is 111 Å². The summed E-state index contributed by atoms with van der Waals surface area (Å²) < 4.78 is 5.98. The van der Waals surface area contributed by atoms with Crippen LogP contribution in [0.1, 0.15) is 43.8 Å². The molecule has 1 aliphatic heterocycles. The number of ketones is 1. The van der Waals surface area contributed by atoms with Crippen LogP contribution in [0.3, 0.4) is 0 Å². The van der Waals surface area contributed by atoms with Crippen LogP contribution in [0.15, 0.2) is 88.4 Å². The third-order valence-corrected chi connectivity index (χ3v) is 8.56. The molecule has 214 valence electrons. The fourth-order valence-corrected chi connectivity index (χ4v) is 5.89. The van der Waals surface area contributed by atoms with E-state index in [0.29, 0.717) is 27.5 Å². The van der Waals surface area contributed by atoms with E-state index in [0.717, 1.165) is 37.8 Å². The van der Waals surface area contributed by atoms with Crippen molar-refractivity contribution in [2.24, 2.45) is 0 Å². The first-order chi connectivity index (χ1) is 20.6. The van der Waals surface area contributed by atoms with E-state index in [9.17, 15) is 24.4 Å². The predicted octanol–water partition coefficient (Wildman–Crippen LogP) is 6.46. The number of carbonyl (C=O) groups excluding carboxylic acids is 4. The van der Waals surface area contributed by atoms with Crippen molar-refractivity contribution in [2.75, 3.05) is 11.5 Å². The van der Waals surface area contributed by atoms with E-state index in [1.165, 1.54) is 24.3 Å². The van der Waals surface area contributed by atoms with Gasteiger partial charge in [0.05, 0.1) is 27.8 Å². The van der Waals surface area contributed by atoms with Crippen molar-refractivity contribution in [1.29, 1.82) is 5.26 Å². The molecule has 1 fully saturated rings. The fraction of sp³-hybridized carbons (Fsp3) is 0.152. The average molecular weight is 655 g/mol. The summed E-state index contributed by atoms with van der Waals surface area (Å²) in [6.07, 6.45) is -0.0637. The molecular formula is C33H24BrN3O5S. The number of anilines is 1. The van der Waals surface area contributed by atoms with Gasteiger partial charge in [0, 0.05) is 22.0 Å². The maximum atomic E-state index is 13.4. The van der Waals surface area contributed by atoms with E-state index in [1.807, 2.05) is 38.1 Å². The quantitative estimate of drug-likeness (QED) is 0.121. The van der Waals surface area contributed by atoms with Gasteiger partial charge in [0.15, 0.2) is 12.4 Å². The molecule has 1 atom stereocenters. The summed E-state index contributed by atoms with van der Waals surface area (Å²) in [4.78, 5) is 56.9. The summed E-state index contributed by atoms with van der Waals surface area (Å²) in [5.41, 5.74) is 4.75. The summed E-state index contributed by atoms with van der Waals surface area (Å²) in [5.74, 6) is -1.89. The van der Waals surface area contributed by atoms with Crippen LogP contribution < -0.4 is 4.90 Å². The van der Waals surface area contributed by atoms with Crippen molar-refractivity contribution in [1.82, 2.24) is 4.98 Å². The van der Waals surface area contributed by atoms with Gasteiger partial charge >= 0.3 is 5.97 Å². The molecule has 0 saturated carbocycles. The summed E-state index contributed by atoms with van der Waals surface area (Å²) in [6.45, 7) is 3.45. The van der Waals surface area contributed by atoms with Crippen LogP contribution in [0.5, 0.6) is 0 Å². The first kappa shape index (κ1) is 29.9. The van der Waals surface area contributed by atoms with Crippen molar-refractivity contribution >= 4 is 56.9 Å². The van der Waals surface area contributed by atoms with Crippen molar-refractivity contribution in [2.45, 2.75) is 30.5 Å². The molecule has 2 amide bonds. The van der Waals surface area contributed by atoms with Gasteiger partial charge in [-0.25, -0.2) is 14.7 Å². The zero-order valence-corrected chi connectivity index (χ0v) is 25.6. The van der Waals surface area contributed by atoms with E-state index in [1.54, 1.807) is 30.3 Å². The Morgan fingerprint density at radius 2 is 1.65 bits per heavy atom. The van der Waals surface area contributed by atoms with Gasteiger partial charge in [-0.3, -0.25) is 14.4 Å². The SMILES string of the molecule is Cc1ccc(-c2nc(SC3CC(=O)N(c4ccc(C(=O)OCC(=O)c5ccc(Br)cc5)cc4)C3=O)c(C#N)cc2C)cc1. The molecule has 8 nitrogen and oxygen atoms in total. The Labute approximate surface area is 260 Å². The minimum Gasteiger partial charge on any atom is -0.454 e. The molecule has 0 aliphatic carbocycles. The molecule has 0 N–H and O–H groups in total. The Morgan fingerprint density at radius 1 is 1.00 bits per heavy atom. The number of rotatable bonds is 8. The van der Waals surface area contributed by atoms with E-state index < -0.39 is 29.6 Å². The van der Waals surface area contributed by atoms with Crippen molar-refractivity contribution in [3.63, 3.8) is 0 Å². The molecule has 2 heterocycles. The minimum absolute atomic E-state index is 0.0637. The summed E-state index contributed by atoms with van der Waals surface area (Å²) in [6, 6.07) is 24.3. The molecule has 3 aromatic carbocycles. The molecule has 1 saturated heterocycles. The summed E-state index contributed by atoms with van der Waals surface area (Å²) >= 11 is 4.40. The van der Waals surface area contributed by atoms with E-state index in [-0.39, 0.29) is 17.8 Å². The lowest BCUT2D eigenvalue weighted by Gasteiger charge is -2.16. The number of aryl methyl sites for hydroxylation is 2. The number of hydrogen-bond acceptors (Lipinski definition) is 8. The van der Waals surface area contributed by atoms with E-state index in [4.69, 9.17) is 9.72 Å². The Hall–Kier alpha value is -4.59. The van der Waals surface area contributed by atoms with Crippen LogP contribution in [0.2, 0.25) is 0 Å². The van der Waals surface area contributed by atoms with Crippen LogP contribution in [0.25, 0.3) is 11.3 Å². The van der Waals surface area contributed by atoms with Gasteiger partial charge in [-0.1, -0.05) is 69.7 Å². The van der Waals surface area contributed by atoms with Gasteiger partial charge in [0.2, 0.25) is 11.8 Å². The summed E-state index contributed by atoms with van der Waals surface area (Å²) in [7, 11) is 0. The lowest BCUT2D eigenvalue weighted by molar-refractivity contribution is -0.121. The van der Waals surface area contributed by atoms with Crippen LogP contribution in [-0.4, -0.2) is 40.4 Å². The number of nitrogens with zero attached hydrogens (tertiary/aromatic N) is 3. The molecule has 43 heavy (non-hydrogen) atoms. The third-order valence-electron chi connectivity index (χ3n) is 6.84. The van der Waals surface area contributed by atoms with Gasteiger partial charge in [-0.05, 0) is 61.9 Å². The number of aromatic nitrogens is 1. The highest BCUT2D eigenvalue weighted by atomic mass is 79.9. The number of halogens is 1. The van der Waals surface area contributed by atoms with Gasteiger partial charge in [-0.2, -0.15) is 5.26 Å². The first-order valence-electron chi connectivity index (χ1n) is 13.2. The second kappa shape index (κ2) is 12.7. The van der Waals surface area contributed by atoms with Crippen molar-refractivity contribution < 1.29 is 23.9 Å². The number of carbonyl (C=O) groups is 4. The number of amides is 2. The number of nitriles is 1. The number of Topliss-reactive ketones (excluding diaryl/α,β-unsaturated/α-hetero) is 1. The zero-order chi connectivity index (χ0) is 30.7. The molecule has 4 aromatic rings. The maximum Gasteiger partial charge on any atom is 0.338 e. The fourth-order valence-electron chi connectivity index (χ4n) is 4.55. The molecule has 1 aromatic heterocycles. The molecule has 10 heteroatoms. The second-order valence-electron chi connectivity index (χ2n) is 9.92. The maximum absolute atomic E-state index is 13.4. The molecule has 0 radical (unpaired) electrons. The molecule has 0 spiro atoms. The number of hydrogen-bond donors (Lipinski definition) is 0. The van der Waals surface area contributed by atoms with Crippen LogP contribution in [0, 0.1) is 25.2 Å². The lowest BCUT2D eigenvalue weighted by Crippen LogP contribution is -2.31. The molecule has 5 rings (SSSR count). The molecular weight excluding hydrogens is 630 g/mol. The Kier molecular flexibility index (Phi) is 8.85. The Balaban J connectivity index is 1.27. The average Bonchev–Trinajstić information content (AvgIpc) is 3.29. The highest BCUT2D eigenvalue weighted by Gasteiger charge is 2.41. The highest BCUT2D eigenvalue weighted by Crippen LogP contribution is 2.36. The van der Waals surface area contributed by atoms with Gasteiger partial charge in [0.1, 0.15) is 11.1 Å². The van der Waals surface area contributed by atoms with Crippen LogP contribution in [0.4, 0.5) is 5.69 Å². The van der Waals surface area contributed by atoms with E-state index in [2.05, 4.69) is 22.0 Å². The highest BCUT2D eigenvalue weighted by molar-refractivity contribution is 9.10. The summed E-state index contributed by atoms with van der Waals surface area (Å²) in [5, 5.41) is 9.36. The van der Waals surface area contributed by atoms with Gasteiger partial charge < -0.3 is 4.74 Å². The predicted molar refractivity (Wildman–Crippen MR) is 166 cm³/mol. The largest absolute Gasteiger partial charge is 0.454 e. The normalized spacial score (nSPS) is 14.5. The molecule has 0 bridgehead atoms. The topological polar surface area (TPSA) is 117 Å². The standard InChI is InChI=1S/C33H24BrN3O5S/c1-19-3-5-22(6-4-19)30-20(2)15-24(17-35)31(36-30)43-28-16-29(39)37(32(28)40)26-13-9-23(10-14-26)33(41)42-18-27(38)21-7-11-25(34)12-8-21/h3-15,28H,16,18H2,1-2H3. The van der Waals surface area contributed by atoms with Crippen molar-refractivity contribution in [3.8, 4) is 17.3 Å². The zero-order valence-electron chi connectivity index (χ0n) is 23.2. The monoisotopic (exact) mass is 653 g/mol. The number of thioether (sulfide) groups is 1. The number of ether oxygens (including phenoxy) is 1. The molecule has 1 unspecified atom stereocenters. The Bertz CT molecular complexity index is 1780. The van der Waals surface area contributed by atoms with Gasteiger partial charge in [0.25, 0.3) is 0 Å². The minimum atomic E-state index is -0.769. The molecule has 1 aliphatic rings. The van der Waals surface area contributed by atoms with E-state index >= 15 is 0 Å². The van der Waals surface area contributed by atoms with Crippen LogP contribution in [-0.2, 0) is 14.3 Å². The number of esters is 1. The first-order valence-corrected chi connectivity index (χ1v) is 14.9. The van der Waals surface area contributed by atoms with Gasteiger partial charge in [-0.15, -0.1) is 0 Å². The second-order valence-corrected chi connectivity index (χ2v) is 12.0. The number of benzene rings is 3. The number of imide groups is 1. The lowest BCUT2D eigenvalue weighted by atomic mass is 10.0. The smallest absolute Gasteiger partial charge is 0.338 e. The third kappa shape index (κ3) is 6.58.